The summed E-state index contributed by atoms with van der Waals surface area (Å²) in [5.41, 5.74) is 1.61. The number of carbonyl (C=O) groups is 1. The van der Waals surface area contributed by atoms with Crippen molar-refractivity contribution in [3.63, 3.8) is 0 Å². The molecule has 0 radical (unpaired) electrons. The molecule has 0 bridgehead atoms. The average Bonchev–Trinajstić information content (AvgIpc) is 2.27. The van der Waals surface area contributed by atoms with Gasteiger partial charge >= 0.3 is 5.97 Å². The summed E-state index contributed by atoms with van der Waals surface area (Å²) in [4.78, 5) is 12.1. The Labute approximate surface area is 111 Å². The highest BCUT2D eigenvalue weighted by molar-refractivity contribution is 5.72. The van der Waals surface area contributed by atoms with Crippen molar-refractivity contribution in [3.8, 4) is 0 Å². The fourth-order valence-electron chi connectivity index (χ4n) is 3.47. The Kier molecular flexibility index (Phi) is 4.14. The molecular formula is C16H26O2. The highest BCUT2D eigenvalue weighted by atomic mass is 16.5. The molecule has 2 nitrogen and oxygen atoms in total. The quantitative estimate of drug-likeness (QED) is 0.541. The van der Waals surface area contributed by atoms with Crippen LogP contribution in [0.2, 0.25) is 0 Å². The lowest BCUT2D eigenvalue weighted by molar-refractivity contribution is -0.154. The van der Waals surface area contributed by atoms with Crippen molar-refractivity contribution in [2.45, 2.75) is 71.8 Å². The predicted molar refractivity (Wildman–Crippen MR) is 73.2 cm³/mol. The van der Waals surface area contributed by atoms with E-state index in [1.165, 1.54) is 24.8 Å². The number of hydrogen-bond acceptors (Lipinski definition) is 2. The number of rotatable bonds is 2. The van der Waals surface area contributed by atoms with Gasteiger partial charge in [-0.05, 0) is 44.1 Å². The Morgan fingerprint density at radius 1 is 1.28 bits per heavy atom. The monoisotopic (exact) mass is 250 g/mol. The Bertz CT molecular complexity index is 335. The SMILES string of the molecule is CC1=CC(OC(=O)C2CCCCC2)CC(C)(C)C1. The molecule has 0 aliphatic heterocycles. The Balaban J connectivity index is 1.92. The summed E-state index contributed by atoms with van der Waals surface area (Å²) < 4.78 is 5.72. The fourth-order valence-corrected chi connectivity index (χ4v) is 3.47. The average molecular weight is 250 g/mol. The van der Waals surface area contributed by atoms with Gasteiger partial charge in [0.15, 0.2) is 0 Å². The molecule has 0 saturated heterocycles. The van der Waals surface area contributed by atoms with E-state index in [0.29, 0.717) is 0 Å². The number of carbonyl (C=O) groups excluding carboxylic acids is 1. The summed E-state index contributed by atoms with van der Waals surface area (Å²) in [6, 6.07) is 0. The topological polar surface area (TPSA) is 26.3 Å². The Hall–Kier alpha value is -0.790. The van der Waals surface area contributed by atoms with Gasteiger partial charge in [-0.3, -0.25) is 4.79 Å². The molecule has 2 aliphatic carbocycles. The van der Waals surface area contributed by atoms with Crippen LogP contribution in [0.3, 0.4) is 0 Å². The summed E-state index contributed by atoms with van der Waals surface area (Å²) in [5, 5.41) is 0. The van der Waals surface area contributed by atoms with Gasteiger partial charge in [0.2, 0.25) is 0 Å². The highest BCUT2D eigenvalue weighted by Gasteiger charge is 2.31. The molecule has 18 heavy (non-hydrogen) atoms. The zero-order valence-corrected chi connectivity index (χ0v) is 12.0. The lowest BCUT2D eigenvalue weighted by atomic mass is 9.76. The minimum Gasteiger partial charge on any atom is -0.458 e. The zero-order chi connectivity index (χ0) is 13.2. The van der Waals surface area contributed by atoms with Crippen LogP contribution in [0.5, 0.6) is 0 Å². The van der Waals surface area contributed by atoms with Gasteiger partial charge in [0, 0.05) is 0 Å². The van der Waals surface area contributed by atoms with E-state index in [1.54, 1.807) is 0 Å². The van der Waals surface area contributed by atoms with Gasteiger partial charge in [-0.25, -0.2) is 0 Å². The van der Waals surface area contributed by atoms with Crippen molar-refractivity contribution < 1.29 is 9.53 Å². The van der Waals surface area contributed by atoms with Crippen LogP contribution in [-0.2, 0) is 9.53 Å². The van der Waals surface area contributed by atoms with Crippen molar-refractivity contribution in [1.82, 2.24) is 0 Å². The standard InChI is InChI=1S/C16H26O2/c1-12-9-14(11-16(2,3)10-12)18-15(17)13-7-5-4-6-8-13/h9,13-14H,4-8,10-11H2,1-3H3. The number of hydrogen-bond donors (Lipinski definition) is 0. The molecule has 0 aromatic rings. The van der Waals surface area contributed by atoms with Crippen molar-refractivity contribution in [2.24, 2.45) is 11.3 Å². The van der Waals surface area contributed by atoms with Gasteiger partial charge in [0.05, 0.1) is 5.92 Å². The van der Waals surface area contributed by atoms with Gasteiger partial charge in [0.1, 0.15) is 6.10 Å². The van der Waals surface area contributed by atoms with E-state index >= 15 is 0 Å². The maximum atomic E-state index is 12.1. The molecule has 1 unspecified atom stereocenters. The molecular weight excluding hydrogens is 224 g/mol. The minimum absolute atomic E-state index is 0.00294. The molecule has 2 heteroatoms. The number of ether oxygens (including phenoxy) is 1. The van der Waals surface area contributed by atoms with Crippen LogP contribution in [0.25, 0.3) is 0 Å². The minimum atomic E-state index is 0.00294. The van der Waals surface area contributed by atoms with Crippen molar-refractivity contribution >= 4 is 5.97 Å². The van der Waals surface area contributed by atoms with Crippen LogP contribution in [0, 0.1) is 11.3 Å². The third kappa shape index (κ3) is 3.60. The first-order chi connectivity index (χ1) is 8.46. The molecule has 1 saturated carbocycles. The van der Waals surface area contributed by atoms with Gasteiger partial charge in [-0.15, -0.1) is 0 Å². The third-order valence-electron chi connectivity index (χ3n) is 4.19. The van der Waals surface area contributed by atoms with Gasteiger partial charge in [0.25, 0.3) is 0 Å². The molecule has 1 fully saturated rings. The molecule has 2 rings (SSSR count). The smallest absolute Gasteiger partial charge is 0.309 e. The normalized spacial score (nSPS) is 28.6. The third-order valence-corrected chi connectivity index (χ3v) is 4.19. The Morgan fingerprint density at radius 2 is 1.94 bits per heavy atom. The van der Waals surface area contributed by atoms with Crippen molar-refractivity contribution in [3.05, 3.63) is 11.6 Å². The fraction of sp³-hybridized carbons (Fsp3) is 0.812. The molecule has 0 aromatic carbocycles. The first-order valence-electron chi connectivity index (χ1n) is 7.34. The second kappa shape index (κ2) is 5.46. The highest BCUT2D eigenvalue weighted by Crippen LogP contribution is 2.37. The van der Waals surface area contributed by atoms with E-state index in [-0.39, 0.29) is 23.4 Å². The van der Waals surface area contributed by atoms with Crippen molar-refractivity contribution in [2.75, 3.05) is 0 Å². The number of esters is 1. The van der Waals surface area contributed by atoms with Gasteiger partial charge in [-0.1, -0.05) is 38.7 Å². The van der Waals surface area contributed by atoms with E-state index in [9.17, 15) is 4.79 Å². The zero-order valence-electron chi connectivity index (χ0n) is 12.0. The van der Waals surface area contributed by atoms with Crippen LogP contribution in [0.1, 0.15) is 65.7 Å². The molecule has 1 atom stereocenters. The molecule has 0 heterocycles. The maximum absolute atomic E-state index is 12.1. The molecule has 0 spiro atoms. The van der Waals surface area contributed by atoms with E-state index in [2.05, 4.69) is 26.8 Å². The second-order valence-electron chi connectivity index (χ2n) is 6.87. The maximum Gasteiger partial charge on any atom is 0.309 e. The van der Waals surface area contributed by atoms with Crippen LogP contribution in [0.4, 0.5) is 0 Å². The lowest BCUT2D eigenvalue weighted by Gasteiger charge is -2.34. The van der Waals surface area contributed by atoms with E-state index in [1.807, 2.05) is 0 Å². The van der Waals surface area contributed by atoms with Crippen LogP contribution >= 0.6 is 0 Å². The van der Waals surface area contributed by atoms with Crippen molar-refractivity contribution in [1.29, 1.82) is 0 Å². The van der Waals surface area contributed by atoms with Crippen LogP contribution < -0.4 is 0 Å². The summed E-state index contributed by atoms with van der Waals surface area (Å²) in [6.45, 7) is 6.65. The summed E-state index contributed by atoms with van der Waals surface area (Å²) in [6.07, 6.45) is 9.92. The number of allylic oxidation sites excluding steroid dienone is 1. The molecule has 0 amide bonds. The first-order valence-corrected chi connectivity index (χ1v) is 7.34. The Morgan fingerprint density at radius 3 is 2.56 bits per heavy atom. The van der Waals surface area contributed by atoms with Gasteiger partial charge < -0.3 is 4.74 Å². The van der Waals surface area contributed by atoms with E-state index in [4.69, 9.17) is 4.74 Å². The summed E-state index contributed by atoms with van der Waals surface area (Å²) >= 11 is 0. The summed E-state index contributed by atoms with van der Waals surface area (Å²) in [7, 11) is 0. The predicted octanol–water partition coefficient (Wildman–Crippen LogP) is 4.24. The molecule has 2 aliphatic rings. The summed E-state index contributed by atoms with van der Waals surface area (Å²) in [5.74, 6) is 0.207. The van der Waals surface area contributed by atoms with Gasteiger partial charge in [-0.2, -0.15) is 0 Å². The molecule has 0 N–H and O–H groups in total. The molecule has 102 valence electrons. The van der Waals surface area contributed by atoms with Crippen LogP contribution in [-0.4, -0.2) is 12.1 Å². The first kappa shape index (κ1) is 13.6. The largest absolute Gasteiger partial charge is 0.458 e. The van der Waals surface area contributed by atoms with E-state index in [0.717, 1.165) is 25.7 Å². The van der Waals surface area contributed by atoms with Crippen LogP contribution in [0.15, 0.2) is 11.6 Å². The second-order valence-corrected chi connectivity index (χ2v) is 6.87. The molecule has 0 aromatic heterocycles. The lowest BCUT2D eigenvalue weighted by Crippen LogP contribution is -2.31. The van der Waals surface area contributed by atoms with E-state index < -0.39 is 0 Å².